The van der Waals surface area contributed by atoms with Crippen molar-refractivity contribution in [2.45, 2.75) is 19.3 Å². The van der Waals surface area contributed by atoms with E-state index in [1.807, 2.05) is 12.1 Å². The summed E-state index contributed by atoms with van der Waals surface area (Å²) in [4.78, 5) is 24.9. The summed E-state index contributed by atoms with van der Waals surface area (Å²) in [7, 11) is 1.65. The van der Waals surface area contributed by atoms with Crippen LogP contribution in [0.15, 0.2) is 24.3 Å². The number of methoxy groups -OCH3 is 1. The fraction of sp³-hybridized carbons (Fsp3) is 0.529. The quantitative estimate of drug-likeness (QED) is 0.747. The maximum atomic E-state index is 12.3. The molecule has 7 nitrogen and oxygen atoms in total. The van der Waals surface area contributed by atoms with Gasteiger partial charge in [0.05, 0.1) is 12.5 Å². The third kappa shape index (κ3) is 5.42. The molecule has 1 aromatic carbocycles. The molecule has 1 aliphatic heterocycles. The first-order valence-corrected chi connectivity index (χ1v) is 8.10. The third-order valence-corrected chi connectivity index (χ3v) is 3.98. The number of carboxylic acids is 1. The van der Waals surface area contributed by atoms with E-state index in [0.717, 1.165) is 6.42 Å². The zero-order valence-corrected chi connectivity index (χ0v) is 13.9. The second-order valence-corrected chi connectivity index (χ2v) is 5.75. The molecule has 1 aromatic rings. The number of hydrogen-bond acceptors (Lipinski definition) is 4. The van der Waals surface area contributed by atoms with Gasteiger partial charge >= 0.3 is 12.0 Å². The molecule has 1 heterocycles. The first-order chi connectivity index (χ1) is 11.6. The van der Waals surface area contributed by atoms with Gasteiger partial charge in [-0.1, -0.05) is 6.07 Å². The molecule has 0 aromatic heterocycles. The summed E-state index contributed by atoms with van der Waals surface area (Å²) in [5.41, 5.74) is 0.657. The summed E-state index contributed by atoms with van der Waals surface area (Å²) < 4.78 is 10.6. The van der Waals surface area contributed by atoms with Gasteiger partial charge in [0, 0.05) is 45.0 Å². The molecular weight excluding hydrogens is 312 g/mol. The molecule has 7 heteroatoms. The van der Waals surface area contributed by atoms with Crippen molar-refractivity contribution < 1.29 is 24.2 Å². The van der Waals surface area contributed by atoms with Crippen molar-refractivity contribution >= 4 is 17.7 Å². The molecule has 1 aliphatic rings. The Kier molecular flexibility index (Phi) is 6.87. The van der Waals surface area contributed by atoms with E-state index >= 15 is 0 Å². The lowest BCUT2D eigenvalue weighted by atomic mass is 9.97. The number of urea groups is 1. The van der Waals surface area contributed by atoms with Gasteiger partial charge in [-0.3, -0.25) is 4.79 Å². The van der Waals surface area contributed by atoms with Crippen LogP contribution in [0.1, 0.15) is 19.3 Å². The second kappa shape index (κ2) is 9.12. The van der Waals surface area contributed by atoms with Crippen molar-refractivity contribution in [2.24, 2.45) is 5.92 Å². The molecule has 24 heavy (non-hydrogen) atoms. The number of amides is 2. The molecule has 0 saturated carbocycles. The lowest BCUT2D eigenvalue weighted by molar-refractivity contribution is -0.143. The molecule has 0 aliphatic carbocycles. The van der Waals surface area contributed by atoms with Gasteiger partial charge in [0.25, 0.3) is 0 Å². The number of carbonyl (C=O) groups excluding carboxylic acids is 1. The lowest BCUT2D eigenvalue weighted by Crippen LogP contribution is -2.42. The van der Waals surface area contributed by atoms with Crippen LogP contribution in [-0.2, 0) is 9.53 Å². The summed E-state index contributed by atoms with van der Waals surface area (Å²) in [5, 5.41) is 11.8. The number of hydrogen-bond donors (Lipinski definition) is 2. The number of benzene rings is 1. The maximum absolute atomic E-state index is 12.3. The summed E-state index contributed by atoms with van der Waals surface area (Å²) in [5.74, 6) is -0.445. The highest BCUT2D eigenvalue weighted by Gasteiger charge is 2.26. The second-order valence-electron chi connectivity index (χ2n) is 5.75. The average Bonchev–Trinajstić information content (AvgIpc) is 2.59. The van der Waals surface area contributed by atoms with Crippen LogP contribution in [-0.4, -0.2) is 55.4 Å². The van der Waals surface area contributed by atoms with Crippen LogP contribution in [0.2, 0.25) is 0 Å². The number of carbonyl (C=O) groups is 2. The van der Waals surface area contributed by atoms with Crippen LogP contribution in [0.3, 0.4) is 0 Å². The van der Waals surface area contributed by atoms with Gasteiger partial charge in [-0.05, 0) is 25.0 Å². The Morgan fingerprint density at radius 2 is 2.04 bits per heavy atom. The molecular formula is C17H24N2O5. The standard InChI is InChI=1S/C17H24N2O5/c1-23-10-3-11-24-15-5-2-4-14(12-15)18-17(22)19-8-6-13(7-9-19)16(20)21/h2,4-5,12-13H,3,6-11H2,1H3,(H,18,22)(H,20,21). The van der Waals surface area contributed by atoms with Gasteiger partial charge in [-0.2, -0.15) is 0 Å². The zero-order chi connectivity index (χ0) is 17.4. The zero-order valence-electron chi connectivity index (χ0n) is 13.9. The van der Waals surface area contributed by atoms with Crippen LogP contribution >= 0.6 is 0 Å². The molecule has 132 valence electrons. The highest BCUT2D eigenvalue weighted by Crippen LogP contribution is 2.20. The minimum absolute atomic E-state index is 0.213. The van der Waals surface area contributed by atoms with E-state index in [-0.39, 0.29) is 11.9 Å². The van der Waals surface area contributed by atoms with Crippen molar-refractivity contribution in [2.75, 3.05) is 38.7 Å². The molecule has 0 radical (unpaired) electrons. The Hall–Kier alpha value is -2.28. The van der Waals surface area contributed by atoms with Crippen LogP contribution in [0, 0.1) is 5.92 Å². The van der Waals surface area contributed by atoms with Gasteiger partial charge in [-0.25, -0.2) is 4.79 Å². The first-order valence-electron chi connectivity index (χ1n) is 8.10. The van der Waals surface area contributed by atoms with Crippen molar-refractivity contribution in [3.63, 3.8) is 0 Å². The van der Waals surface area contributed by atoms with E-state index in [4.69, 9.17) is 14.6 Å². The van der Waals surface area contributed by atoms with Gasteiger partial charge in [0.15, 0.2) is 0 Å². The number of ether oxygens (including phenoxy) is 2. The number of nitrogens with one attached hydrogen (secondary N) is 1. The molecule has 2 rings (SSSR count). The van der Waals surface area contributed by atoms with E-state index in [1.54, 1.807) is 24.1 Å². The SMILES string of the molecule is COCCCOc1cccc(NC(=O)N2CCC(C(=O)O)CC2)c1. The molecule has 1 saturated heterocycles. The lowest BCUT2D eigenvalue weighted by Gasteiger charge is -2.30. The third-order valence-electron chi connectivity index (χ3n) is 3.98. The number of rotatable bonds is 7. The Morgan fingerprint density at radius 3 is 2.71 bits per heavy atom. The number of nitrogens with zero attached hydrogens (tertiary/aromatic N) is 1. The van der Waals surface area contributed by atoms with E-state index in [0.29, 0.717) is 50.6 Å². The van der Waals surface area contributed by atoms with Gasteiger partial charge in [0.2, 0.25) is 0 Å². The van der Waals surface area contributed by atoms with Crippen LogP contribution in [0.5, 0.6) is 5.75 Å². The molecule has 0 atom stereocenters. The highest BCUT2D eigenvalue weighted by atomic mass is 16.5. The largest absolute Gasteiger partial charge is 0.493 e. The fourth-order valence-electron chi connectivity index (χ4n) is 2.59. The predicted molar refractivity (Wildman–Crippen MR) is 89.4 cm³/mol. The van der Waals surface area contributed by atoms with Crippen LogP contribution in [0.4, 0.5) is 10.5 Å². The number of likely N-dealkylation sites (tertiary alicyclic amines) is 1. The van der Waals surface area contributed by atoms with Gasteiger partial charge in [-0.15, -0.1) is 0 Å². The predicted octanol–water partition coefficient (Wildman–Crippen LogP) is 2.43. The number of piperidine rings is 1. The first kappa shape index (κ1) is 18.1. The van der Waals surface area contributed by atoms with Crippen molar-refractivity contribution in [1.82, 2.24) is 4.90 Å². The number of aliphatic carboxylic acids is 1. The smallest absolute Gasteiger partial charge is 0.321 e. The number of anilines is 1. The summed E-state index contributed by atoms with van der Waals surface area (Å²) in [6, 6.07) is 7.01. The van der Waals surface area contributed by atoms with E-state index in [2.05, 4.69) is 5.32 Å². The van der Waals surface area contributed by atoms with Crippen LogP contribution < -0.4 is 10.1 Å². The van der Waals surface area contributed by atoms with Crippen molar-refractivity contribution in [1.29, 1.82) is 0 Å². The summed E-state index contributed by atoms with van der Waals surface area (Å²) >= 11 is 0. The highest BCUT2D eigenvalue weighted by molar-refractivity contribution is 5.89. The Morgan fingerprint density at radius 1 is 1.29 bits per heavy atom. The minimum atomic E-state index is -0.784. The Bertz CT molecular complexity index is 556. The Balaban J connectivity index is 1.82. The van der Waals surface area contributed by atoms with Crippen molar-refractivity contribution in [3.8, 4) is 5.75 Å². The summed E-state index contributed by atoms with van der Waals surface area (Å²) in [6.07, 6.45) is 1.78. The molecule has 1 fully saturated rings. The van der Waals surface area contributed by atoms with E-state index in [1.165, 1.54) is 0 Å². The Labute approximate surface area is 141 Å². The monoisotopic (exact) mass is 336 g/mol. The normalized spacial score (nSPS) is 15.1. The topological polar surface area (TPSA) is 88.1 Å². The molecule has 0 spiro atoms. The molecule has 0 unspecified atom stereocenters. The number of carboxylic acid groups (broad SMARTS) is 1. The molecule has 0 bridgehead atoms. The van der Waals surface area contributed by atoms with Gasteiger partial charge in [0.1, 0.15) is 5.75 Å². The maximum Gasteiger partial charge on any atom is 0.321 e. The molecule has 2 N–H and O–H groups in total. The fourth-order valence-corrected chi connectivity index (χ4v) is 2.59. The van der Waals surface area contributed by atoms with E-state index < -0.39 is 5.97 Å². The average molecular weight is 336 g/mol. The van der Waals surface area contributed by atoms with Gasteiger partial charge < -0.3 is 24.8 Å². The van der Waals surface area contributed by atoms with Crippen molar-refractivity contribution in [3.05, 3.63) is 24.3 Å². The minimum Gasteiger partial charge on any atom is -0.493 e. The summed E-state index contributed by atoms with van der Waals surface area (Å²) in [6.45, 7) is 2.10. The molecule has 2 amide bonds. The van der Waals surface area contributed by atoms with Crippen LogP contribution in [0.25, 0.3) is 0 Å². The van der Waals surface area contributed by atoms with E-state index in [9.17, 15) is 9.59 Å².